The van der Waals surface area contributed by atoms with Crippen molar-refractivity contribution in [3.05, 3.63) is 46.9 Å². The molecule has 2 unspecified atom stereocenters. The number of piperidine rings is 1. The third-order valence-electron chi connectivity index (χ3n) is 8.26. The summed E-state index contributed by atoms with van der Waals surface area (Å²) in [6, 6.07) is 5.29. The first-order valence-electron chi connectivity index (χ1n) is 12.6. The zero-order valence-electron chi connectivity index (χ0n) is 21.5. The lowest BCUT2D eigenvalue weighted by Crippen LogP contribution is -2.35. The number of rotatable bonds is 5. The lowest BCUT2D eigenvalue weighted by molar-refractivity contribution is -0.143. The summed E-state index contributed by atoms with van der Waals surface area (Å²) in [4.78, 5) is 44.5. The molecule has 0 spiro atoms. The van der Waals surface area contributed by atoms with Gasteiger partial charge in [-0.25, -0.2) is 14.3 Å². The summed E-state index contributed by atoms with van der Waals surface area (Å²) in [5, 5.41) is 14.3. The number of carbonyl (C=O) groups is 3. The van der Waals surface area contributed by atoms with Gasteiger partial charge in [0.1, 0.15) is 23.9 Å². The number of amides is 3. The first-order chi connectivity index (χ1) is 18.0. The third-order valence-corrected chi connectivity index (χ3v) is 8.47. The lowest BCUT2D eigenvalue weighted by atomic mass is 10.0. The summed E-state index contributed by atoms with van der Waals surface area (Å²) in [7, 11) is 0. The highest BCUT2D eigenvalue weighted by Gasteiger charge is 2.72. The van der Waals surface area contributed by atoms with E-state index in [0.717, 1.165) is 11.1 Å². The van der Waals surface area contributed by atoms with Gasteiger partial charge in [0.05, 0.1) is 30.4 Å². The summed E-state index contributed by atoms with van der Waals surface area (Å²) < 4.78 is 8.06. The molecule has 6 rings (SSSR count). The monoisotopic (exact) mass is 537 g/mol. The van der Waals surface area contributed by atoms with Gasteiger partial charge in [-0.3, -0.25) is 14.5 Å². The number of benzene rings is 1. The molecular weight excluding hydrogens is 510 g/mol. The average molecular weight is 538 g/mol. The third kappa shape index (κ3) is 3.73. The van der Waals surface area contributed by atoms with Crippen LogP contribution in [0.5, 0.6) is 5.75 Å². The Bertz CT molecular complexity index is 1490. The Hall–Kier alpha value is -3.66. The number of imide groups is 1. The zero-order chi connectivity index (χ0) is 27.1. The van der Waals surface area contributed by atoms with Gasteiger partial charge in [0, 0.05) is 29.2 Å². The van der Waals surface area contributed by atoms with Crippen LogP contribution in [0.1, 0.15) is 38.3 Å². The number of likely N-dealkylation sites (tertiary alicyclic amines) is 2. The lowest BCUT2D eigenvalue weighted by Gasteiger charge is -2.20. The van der Waals surface area contributed by atoms with Crippen molar-refractivity contribution >= 4 is 35.0 Å². The van der Waals surface area contributed by atoms with E-state index in [0.29, 0.717) is 34.0 Å². The summed E-state index contributed by atoms with van der Waals surface area (Å²) in [6.45, 7) is 8.11. The predicted molar refractivity (Wildman–Crippen MR) is 138 cm³/mol. The number of fused-ring (bicyclic) bond motifs is 2. The Morgan fingerprint density at radius 2 is 1.92 bits per heavy atom. The van der Waals surface area contributed by atoms with E-state index in [1.165, 1.54) is 16.1 Å². The number of carbonyl (C=O) groups excluding carboxylic acids is 2. The SMILES string of the molecule is Cc1cc(Cl)cc(-c2ncnn3cc(CN4C(=O)C5C(C4=O)C5(C)C)cc23)c1O[C@H]1C[C@H](C)N(C(=O)O)C1. The van der Waals surface area contributed by atoms with Gasteiger partial charge in [0.25, 0.3) is 0 Å². The van der Waals surface area contributed by atoms with E-state index in [1.54, 1.807) is 22.8 Å². The van der Waals surface area contributed by atoms with E-state index in [9.17, 15) is 19.5 Å². The number of nitrogens with zero attached hydrogens (tertiary/aromatic N) is 5. The first kappa shape index (κ1) is 24.7. The van der Waals surface area contributed by atoms with Crippen LogP contribution in [0.3, 0.4) is 0 Å². The molecule has 3 amide bonds. The number of hydrogen-bond donors (Lipinski definition) is 1. The Morgan fingerprint density at radius 3 is 2.58 bits per heavy atom. The summed E-state index contributed by atoms with van der Waals surface area (Å²) >= 11 is 6.45. The molecule has 4 heterocycles. The fraction of sp³-hybridized carbons (Fsp3) is 0.444. The second-order valence-electron chi connectivity index (χ2n) is 11.2. The second-order valence-corrected chi connectivity index (χ2v) is 11.6. The first-order valence-corrected chi connectivity index (χ1v) is 13.0. The molecule has 1 aromatic carbocycles. The van der Waals surface area contributed by atoms with Crippen molar-refractivity contribution in [2.45, 2.75) is 52.8 Å². The van der Waals surface area contributed by atoms with Gasteiger partial charge in [0.2, 0.25) is 11.8 Å². The van der Waals surface area contributed by atoms with E-state index >= 15 is 0 Å². The Kier molecular flexibility index (Phi) is 5.47. The minimum Gasteiger partial charge on any atom is -0.488 e. The van der Waals surface area contributed by atoms with Gasteiger partial charge < -0.3 is 14.7 Å². The Morgan fingerprint density at radius 1 is 1.21 bits per heavy atom. The Labute approximate surface area is 224 Å². The smallest absolute Gasteiger partial charge is 0.407 e. The van der Waals surface area contributed by atoms with Gasteiger partial charge >= 0.3 is 6.09 Å². The average Bonchev–Trinajstić information content (AvgIpc) is 3.18. The number of ether oxygens (including phenoxy) is 1. The van der Waals surface area contributed by atoms with Crippen molar-refractivity contribution in [3.63, 3.8) is 0 Å². The highest BCUT2D eigenvalue weighted by atomic mass is 35.5. The van der Waals surface area contributed by atoms with Crippen molar-refractivity contribution in [2.75, 3.05) is 6.54 Å². The minimum absolute atomic E-state index is 0.117. The highest BCUT2D eigenvalue weighted by Crippen LogP contribution is 2.63. The van der Waals surface area contributed by atoms with Crippen LogP contribution in [0.4, 0.5) is 4.79 Å². The molecule has 10 nitrogen and oxygen atoms in total. The molecule has 4 atom stereocenters. The predicted octanol–water partition coefficient (Wildman–Crippen LogP) is 4.02. The van der Waals surface area contributed by atoms with Crippen LogP contribution in [0, 0.1) is 24.2 Å². The van der Waals surface area contributed by atoms with Crippen molar-refractivity contribution in [1.29, 1.82) is 0 Å². The molecule has 0 bridgehead atoms. The van der Waals surface area contributed by atoms with E-state index in [-0.39, 0.29) is 54.3 Å². The minimum atomic E-state index is -0.967. The van der Waals surface area contributed by atoms with Crippen LogP contribution in [-0.4, -0.2) is 66.1 Å². The maximum atomic E-state index is 12.9. The van der Waals surface area contributed by atoms with Gasteiger partial charge in [-0.15, -0.1) is 0 Å². The quantitative estimate of drug-likeness (QED) is 0.488. The number of hydrogen-bond acceptors (Lipinski definition) is 6. The van der Waals surface area contributed by atoms with E-state index in [2.05, 4.69) is 10.1 Å². The highest BCUT2D eigenvalue weighted by molar-refractivity contribution is 6.31. The largest absolute Gasteiger partial charge is 0.488 e. The van der Waals surface area contributed by atoms with Crippen LogP contribution < -0.4 is 4.74 Å². The maximum absolute atomic E-state index is 12.9. The standard InChI is InChI=1S/C27H28ClN5O5/c1-13-5-16(28)8-18(23(13)38-17-6-14(2)31(11-17)26(36)37)22-19-7-15(10-33(19)30-12-29-22)9-32-24(34)20-21(25(32)35)27(20,3)4/h5,7-8,10,12,14,17,20-21H,6,9,11H2,1-4H3,(H,36,37)/t14-,17-,20?,21?/m0/s1. The van der Waals surface area contributed by atoms with Crippen LogP contribution in [0.2, 0.25) is 5.02 Å². The molecule has 11 heteroatoms. The zero-order valence-corrected chi connectivity index (χ0v) is 22.3. The van der Waals surface area contributed by atoms with Crippen molar-refractivity contribution in [1.82, 2.24) is 24.4 Å². The topological polar surface area (TPSA) is 117 Å². The summed E-state index contributed by atoms with van der Waals surface area (Å²) in [5.74, 6) is -0.115. The summed E-state index contributed by atoms with van der Waals surface area (Å²) in [6.07, 6.45) is 2.50. The van der Waals surface area contributed by atoms with Crippen molar-refractivity contribution in [2.24, 2.45) is 17.3 Å². The fourth-order valence-electron chi connectivity index (χ4n) is 6.18. The van der Waals surface area contributed by atoms with E-state index in [4.69, 9.17) is 16.3 Å². The molecule has 2 aliphatic heterocycles. The van der Waals surface area contributed by atoms with Crippen LogP contribution in [0.25, 0.3) is 16.8 Å². The van der Waals surface area contributed by atoms with Crippen molar-refractivity contribution in [3.8, 4) is 17.0 Å². The van der Waals surface area contributed by atoms with Crippen LogP contribution >= 0.6 is 11.6 Å². The second kappa shape index (κ2) is 8.42. The molecule has 3 fully saturated rings. The van der Waals surface area contributed by atoms with Gasteiger partial charge in [0.15, 0.2) is 0 Å². The van der Waals surface area contributed by atoms with Crippen LogP contribution in [0.15, 0.2) is 30.7 Å². The maximum Gasteiger partial charge on any atom is 0.407 e. The van der Waals surface area contributed by atoms with Gasteiger partial charge in [-0.05, 0) is 48.6 Å². The molecule has 1 N–H and O–H groups in total. The Balaban J connectivity index is 1.33. The van der Waals surface area contributed by atoms with E-state index < -0.39 is 6.09 Å². The summed E-state index contributed by atoms with van der Waals surface area (Å²) in [5.41, 5.74) is 3.21. The molecule has 2 saturated heterocycles. The molecule has 3 aliphatic rings. The van der Waals surface area contributed by atoms with Gasteiger partial charge in [-0.1, -0.05) is 25.4 Å². The normalized spacial score (nSPS) is 25.8. The molecule has 1 aliphatic carbocycles. The molecule has 1 saturated carbocycles. The van der Waals surface area contributed by atoms with Crippen molar-refractivity contribution < 1.29 is 24.2 Å². The molecular formula is C27H28ClN5O5. The van der Waals surface area contributed by atoms with E-state index in [1.807, 2.05) is 33.8 Å². The molecule has 198 valence electrons. The molecule has 38 heavy (non-hydrogen) atoms. The molecule has 0 radical (unpaired) electrons. The number of aromatic nitrogens is 3. The fourth-order valence-corrected chi connectivity index (χ4v) is 6.45. The molecule has 2 aromatic heterocycles. The molecule has 3 aromatic rings. The number of aryl methyl sites for hydroxylation is 1. The van der Waals surface area contributed by atoms with Gasteiger partial charge in [-0.2, -0.15) is 5.10 Å². The van der Waals surface area contributed by atoms with Crippen LogP contribution in [-0.2, 0) is 16.1 Å². The number of halogens is 1. The number of carboxylic acid groups (broad SMARTS) is 1.